The molecule has 0 radical (unpaired) electrons. The van der Waals surface area contributed by atoms with Gasteiger partial charge in [0.05, 0.1) is 26.4 Å². The number of hydrogen-bond acceptors (Lipinski definition) is 6. The van der Waals surface area contributed by atoms with Crippen LogP contribution in [0.4, 0.5) is 4.39 Å². The number of carbonyl (C=O) groups is 2. The third kappa shape index (κ3) is 21.9. The Bertz CT molecular complexity index is 454. The normalized spacial score (nSPS) is 12.2. The number of amides is 2. The van der Waals surface area contributed by atoms with E-state index in [0.29, 0.717) is 46.2 Å². The Morgan fingerprint density at radius 3 is 1.97 bits per heavy atom. The first-order chi connectivity index (χ1) is 15.5. The number of ether oxygens (including phenoxy) is 4. The van der Waals surface area contributed by atoms with Crippen LogP contribution in [-0.2, 0) is 28.5 Å². The van der Waals surface area contributed by atoms with E-state index in [0.717, 1.165) is 38.5 Å². The van der Waals surface area contributed by atoms with Crippen molar-refractivity contribution in [1.82, 2.24) is 10.6 Å². The second-order valence-corrected chi connectivity index (χ2v) is 7.91. The van der Waals surface area contributed by atoms with Crippen molar-refractivity contribution in [3.8, 4) is 0 Å². The van der Waals surface area contributed by atoms with Gasteiger partial charge in [-0.25, -0.2) is 4.39 Å². The van der Waals surface area contributed by atoms with E-state index >= 15 is 0 Å². The third-order valence-electron chi connectivity index (χ3n) is 4.50. The molecule has 2 N–H and O–H groups in total. The van der Waals surface area contributed by atoms with Crippen LogP contribution in [0.2, 0.25) is 0 Å². The predicted octanol–water partition coefficient (Wildman–Crippen LogP) is 2.64. The summed E-state index contributed by atoms with van der Waals surface area (Å²) in [7, 11) is 0. The van der Waals surface area contributed by atoms with E-state index < -0.39 is 6.17 Å². The molecule has 0 fully saturated rings. The van der Waals surface area contributed by atoms with Crippen LogP contribution in [-0.4, -0.2) is 83.9 Å². The standard InChI is InChI=1S/C23H45FN2O6/c1-4-29-19-22(27)25-11-7-5-8-12-30-15-16-31-13-9-6-10-14-32-18-21(24)17-26-23(28)20(2)3/h20-21H,4-19H2,1-3H3,(H,25,27)(H,26,28). The minimum Gasteiger partial charge on any atom is -0.379 e. The summed E-state index contributed by atoms with van der Waals surface area (Å²) in [6, 6.07) is 0. The monoisotopic (exact) mass is 464 g/mol. The van der Waals surface area contributed by atoms with Gasteiger partial charge in [0.2, 0.25) is 11.8 Å². The van der Waals surface area contributed by atoms with Gasteiger partial charge in [-0.05, 0) is 45.4 Å². The van der Waals surface area contributed by atoms with Gasteiger partial charge in [-0.3, -0.25) is 9.59 Å². The fourth-order valence-electron chi connectivity index (χ4n) is 2.57. The minimum absolute atomic E-state index is 0.0000996. The zero-order chi connectivity index (χ0) is 23.9. The summed E-state index contributed by atoms with van der Waals surface area (Å²) in [6.45, 7) is 9.82. The van der Waals surface area contributed by atoms with Crippen LogP contribution in [0.25, 0.3) is 0 Å². The van der Waals surface area contributed by atoms with Crippen molar-refractivity contribution in [3.63, 3.8) is 0 Å². The summed E-state index contributed by atoms with van der Waals surface area (Å²) < 4.78 is 35.0. The quantitative estimate of drug-likeness (QED) is 0.226. The Balaban J connectivity index is 3.21. The summed E-state index contributed by atoms with van der Waals surface area (Å²) in [6.07, 6.45) is 4.48. The van der Waals surface area contributed by atoms with Crippen LogP contribution in [0.15, 0.2) is 0 Å². The summed E-state index contributed by atoms with van der Waals surface area (Å²) >= 11 is 0. The first kappa shape index (κ1) is 30.7. The second-order valence-electron chi connectivity index (χ2n) is 7.91. The van der Waals surface area contributed by atoms with Gasteiger partial charge in [-0.1, -0.05) is 13.8 Å². The van der Waals surface area contributed by atoms with Gasteiger partial charge in [0.1, 0.15) is 12.8 Å². The lowest BCUT2D eigenvalue weighted by molar-refractivity contribution is -0.125. The Labute approximate surface area is 193 Å². The van der Waals surface area contributed by atoms with Gasteiger partial charge >= 0.3 is 0 Å². The number of rotatable bonds is 23. The largest absolute Gasteiger partial charge is 0.379 e. The van der Waals surface area contributed by atoms with Crippen molar-refractivity contribution >= 4 is 11.8 Å². The molecule has 0 aliphatic heterocycles. The highest BCUT2D eigenvalue weighted by Crippen LogP contribution is 2.00. The molecule has 9 heteroatoms. The number of hydrogen-bond donors (Lipinski definition) is 2. The van der Waals surface area contributed by atoms with Gasteiger partial charge in [-0.2, -0.15) is 0 Å². The molecule has 0 aliphatic rings. The van der Waals surface area contributed by atoms with Gasteiger partial charge in [0, 0.05) is 38.9 Å². The first-order valence-electron chi connectivity index (χ1n) is 12.0. The van der Waals surface area contributed by atoms with Crippen LogP contribution in [0, 0.1) is 5.92 Å². The summed E-state index contributed by atoms with van der Waals surface area (Å²) in [4.78, 5) is 22.7. The Morgan fingerprint density at radius 2 is 1.38 bits per heavy atom. The fourth-order valence-corrected chi connectivity index (χ4v) is 2.57. The highest BCUT2D eigenvalue weighted by molar-refractivity contribution is 5.77. The van der Waals surface area contributed by atoms with Crippen LogP contribution >= 0.6 is 0 Å². The Kier molecular flexibility index (Phi) is 22.0. The molecule has 0 spiro atoms. The SMILES string of the molecule is CCOCC(=O)NCCCCCOCCOCCCCCOCC(F)CNC(=O)C(C)C. The lowest BCUT2D eigenvalue weighted by atomic mass is 10.2. The molecule has 0 aliphatic carbocycles. The average molecular weight is 465 g/mol. The van der Waals surface area contributed by atoms with E-state index in [2.05, 4.69) is 10.6 Å². The highest BCUT2D eigenvalue weighted by Gasteiger charge is 2.11. The van der Waals surface area contributed by atoms with E-state index in [9.17, 15) is 14.0 Å². The van der Waals surface area contributed by atoms with Gasteiger partial charge < -0.3 is 29.6 Å². The molecule has 0 aromatic heterocycles. The molecule has 0 saturated heterocycles. The fraction of sp³-hybridized carbons (Fsp3) is 0.913. The lowest BCUT2D eigenvalue weighted by Gasteiger charge is -2.12. The van der Waals surface area contributed by atoms with Crippen LogP contribution in [0.1, 0.15) is 59.3 Å². The molecule has 0 heterocycles. The molecule has 8 nitrogen and oxygen atoms in total. The molecule has 0 rings (SSSR count). The van der Waals surface area contributed by atoms with Crippen molar-refractivity contribution in [2.24, 2.45) is 5.92 Å². The Morgan fingerprint density at radius 1 is 0.781 bits per heavy atom. The van der Waals surface area contributed by atoms with Gasteiger partial charge in [0.15, 0.2) is 0 Å². The van der Waals surface area contributed by atoms with Crippen LogP contribution < -0.4 is 10.6 Å². The average Bonchev–Trinajstić information content (AvgIpc) is 2.77. The molecule has 1 atom stereocenters. The zero-order valence-corrected chi connectivity index (χ0v) is 20.3. The van der Waals surface area contributed by atoms with Crippen LogP contribution in [0.5, 0.6) is 0 Å². The maximum atomic E-state index is 13.6. The zero-order valence-electron chi connectivity index (χ0n) is 20.3. The number of nitrogens with one attached hydrogen (secondary N) is 2. The van der Waals surface area contributed by atoms with E-state index in [1.165, 1.54) is 0 Å². The molecule has 0 aromatic carbocycles. The van der Waals surface area contributed by atoms with Crippen LogP contribution in [0.3, 0.4) is 0 Å². The van der Waals surface area contributed by atoms with E-state index in [4.69, 9.17) is 18.9 Å². The first-order valence-corrected chi connectivity index (χ1v) is 12.0. The number of carbonyl (C=O) groups excluding carboxylic acids is 2. The summed E-state index contributed by atoms with van der Waals surface area (Å²) in [5.74, 6) is -0.348. The van der Waals surface area contributed by atoms with Crippen molar-refractivity contribution < 1.29 is 32.9 Å². The maximum Gasteiger partial charge on any atom is 0.245 e. The third-order valence-corrected chi connectivity index (χ3v) is 4.50. The second kappa shape index (κ2) is 22.9. The number of unbranched alkanes of at least 4 members (excludes halogenated alkanes) is 4. The van der Waals surface area contributed by atoms with Crippen molar-refractivity contribution in [2.45, 2.75) is 65.5 Å². The lowest BCUT2D eigenvalue weighted by Crippen LogP contribution is -2.34. The Hall–Kier alpha value is -1.29. The molecule has 0 saturated carbocycles. The van der Waals surface area contributed by atoms with E-state index in [1.54, 1.807) is 13.8 Å². The summed E-state index contributed by atoms with van der Waals surface area (Å²) in [5, 5.41) is 5.38. The van der Waals surface area contributed by atoms with E-state index in [-0.39, 0.29) is 37.5 Å². The van der Waals surface area contributed by atoms with Crippen molar-refractivity contribution in [3.05, 3.63) is 0 Å². The maximum absolute atomic E-state index is 13.6. The topological polar surface area (TPSA) is 95.1 Å². The van der Waals surface area contributed by atoms with Crippen molar-refractivity contribution in [1.29, 1.82) is 0 Å². The molecule has 0 bridgehead atoms. The molecular formula is C23H45FN2O6. The molecule has 0 aromatic rings. The molecule has 190 valence electrons. The number of alkyl halides is 1. The summed E-state index contributed by atoms with van der Waals surface area (Å²) in [5.41, 5.74) is 0. The van der Waals surface area contributed by atoms with Gasteiger partial charge in [0.25, 0.3) is 0 Å². The molecule has 32 heavy (non-hydrogen) atoms. The van der Waals surface area contributed by atoms with Gasteiger partial charge in [-0.15, -0.1) is 0 Å². The van der Waals surface area contributed by atoms with Crippen molar-refractivity contribution in [2.75, 3.05) is 65.9 Å². The van der Waals surface area contributed by atoms with E-state index in [1.807, 2.05) is 6.92 Å². The predicted molar refractivity (Wildman–Crippen MR) is 122 cm³/mol. The number of halogens is 1. The molecule has 1 unspecified atom stereocenters. The molecular weight excluding hydrogens is 419 g/mol. The highest BCUT2D eigenvalue weighted by atomic mass is 19.1. The smallest absolute Gasteiger partial charge is 0.245 e. The molecule has 2 amide bonds. The minimum atomic E-state index is -1.17.